The highest BCUT2D eigenvalue weighted by molar-refractivity contribution is 7.94. The molecule has 1 heterocycles. The lowest BCUT2D eigenvalue weighted by Gasteiger charge is -2.21. The first-order valence-electron chi connectivity index (χ1n) is 9.18. The number of nitrogens with zero attached hydrogens (tertiary/aromatic N) is 1. The molecule has 5 nitrogen and oxygen atoms in total. The van der Waals surface area contributed by atoms with Crippen molar-refractivity contribution in [2.45, 2.75) is 53.0 Å². The van der Waals surface area contributed by atoms with E-state index in [9.17, 15) is 4.79 Å². The first-order valence-corrected chi connectivity index (χ1v) is 10.1. The summed E-state index contributed by atoms with van der Waals surface area (Å²) < 4.78 is 5.10. The molecule has 0 radical (unpaired) electrons. The third kappa shape index (κ3) is 7.46. The summed E-state index contributed by atoms with van der Waals surface area (Å²) in [6.07, 6.45) is 0.874. The molecular weight excluding hydrogens is 429 g/mol. The second-order valence-electron chi connectivity index (χ2n) is 7.02. The average Bonchev–Trinajstić information content (AvgIpc) is 2.62. The van der Waals surface area contributed by atoms with Crippen LogP contribution in [0, 0.1) is 12.8 Å². The van der Waals surface area contributed by atoms with Gasteiger partial charge in [0.25, 0.3) is 0 Å². The molecule has 0 atom stereocenters. The zero-order valence-corrected chi connectivity index (χ0v) is 19.8. The van der Waals surface area contributed by atoms with E-state index in [0.29, 0.717) is 24.8 Å². The highest BCUT2D eigenvalue weighted by Gasteiger charge is 2.19. The van der Waals surface area contributed by atoms with E-state index < -0.39 is 0 Å². The van der Waals surface area contributed by atoms with Crippen LogP contribution in [0.5, 0.6) is 0 Å². The van der Waals surface area contributed by atoms with Crippen molar-refractivity contribution in [2.75, 3.05) is 0 Å². The zero-order chi connectivity index (χ0) is 20.0. The van der Waals surface area contributed by atoms with Crippen molar-refractivity contribution in [1.29, 1.82) is 0 Å². The number of rotatable bonds is 8. The molecule has 8 heteroatoms. The summed E-state index contributed by atoms with van der Waals surface area (Å²) in [7, 11) is 0. The fourth-order valence-corrected chi connectivity index (χ4v) is 3.82. The minimum atomic E-state index is -0.310. The topological polar surface area (TPSA) is 91.2 Å². The second kappa shape index (κ2) is 13.1. The van der Waals surface area contributed by atoms with E-state index in [0.717, 1.165) is 57.7 Å². The van der Waals surface area contributed by atoms with Crippen molar-refractivity contribution in [1.82, 2.24) is 4.98 Å². The molecule has 0 bridgehead atoms. The lowest BCUT2D eigenvalue weighted by molar-refractivity contribution is -0.130. The lowest BCUT2D eigenvalue weighted by Crippen LogP contribution is -2.13. The minimum absolute atomic E-state index is 0. The molecule has 162 valence electrons. The van der Waals surface area contributed by atoms with E-state index in [1.165, 1.54) is 6.92 Å². The van der Waals surface area contributed by atoms with E-state index in [1.54, 1.807) is 0 Å². The third-order valence-corrected chi connectivity index (χ3v) is 5.11. The predicted octanol–water partition coefficient (Wildman–Crippen LogP) is 4.73. The Balaban J connectivity index is 0.00000392. The minimum Gasteiger partial charge on any atom is -0.391 e. The van der Waals surface area contributed by atoms with Gasteiger partial charge in [-0.25, -0.2) is 0 Å². The van der Waals surface area contributed by atoms with Crippen molar-refractivity contribution in [3.8, 4) is 11.1 Å². The molecule has 2 rings (SSSR count). The van der Waals surface area contributed by atoms with Gasteiger partial charge in [-0.05, 0) is 47.1 Å². The van der Waals surface area contributed by atoms with Gasteiger partial charge in [0.05, 0.1) is 17.8 Å². The molecule has 0 spiro atoms. The Bertz CT molecular complexity index is 800. The smallest absolute Gasteiger partial charge is 0.314 e. The molecule has 1 aromatic carbocycles. The summed E-state index contributed by atoms with van der Waals surface area (Å²) in [5, 5.41) is 0. The van der Waals surface area contributed by atoms with E-state index in [2.05, 4.69) is 26.0 Å². The summed E-state index contributed by atoms with van der Waals surface area (Å²) in [6, 6.07) is 8.23. The van der Waals surface area contributed by atoms with Crippen LogP contribution < -0.4 is 11.5 Å². The van der Waals surface area contributed by atoms with Gasteiger partial charge < -0.3 is 15.7 Å². The highest BCUT2D eigenvalue weighted by atomic mass is 35.5. The maximum atomic E-state index is 11.2. The van der Waals surface area contributed by atoms with Crippen LogP contribution in [-0.2, 0) is 34.2 Å². The molecular formula is C21H31Cl2N3O2S. The maximum absolute atomic E-state index is 11.2. The number of hydrogen-bond donors (Lipinski definition) is 2. The largest absolute Gasteiger partial charge is 0.391 e. The molecule has 29 heavy (non-hydrogen) atoms. The number of carbonyl (C=O) groups is 1. The summed E-state index contributed by atoms with van der Waals surface area (Å²) in [6.45, 7) is 8.68. The normalized spacial score (nSPS) is 10.3. The zero-order valence-electron chi connectivity index (χ0n) is 17.4. The number of benzene rings is 1. The molecule has 4 N–H and O–H groups in total. The monoisotopic (exact) mass is 459 g/mol. The van der Waals surface area contributed by atoms with Gasteiger partial charge in [0.1, 0.15) is 0 Å². The van der Waals surface area contributed by atoms with Crippen molar-refractivity contribution < 1.29 is 8.98 Å². The molecule has 2 aromatic rings. The molecule has 0 amide bonds. The van der Waals surface area contributed by atoms with Crippen LogP contribution in [0.15, 0.2) is 24.3 Å². The quantitative estimate of drug-likeness (QED) is 0.554. The van der Waals surface area contributed by atoms with Crippen LogP contribution in [-0.4, -0.2) is 11.0 Å². The van der Waals surface area contributed by atoms with Crippen LogP contribution in [0.3, 0.4) is 0 Å². The molecule has 0 aliphatic heterocycles. The number of nitrogens with two attached hydrogens (primary N) is 2. The maximum Gasteiger partial charge on any atom is 0.314 e. The van der Waals surface area contributed by atoms with Gasteiger partial charge in [-0.15, -0.1) is 24.8 Å². The van der Waals surface area contributed by atoms with Gasteiger partial charge in [-0.2, -0.15) is 0 Å². The fraction of sp³-hybridized carbons (Fsp3) is 0.429. The summed E-state index contributed by atoms with van der Waals surface area (Å²) in [4.78, 5) is 16.0. The Kier molecular flexibility index (Phi) is 12.5. The highest BCUT2D eigenvalue weighted by Crippen LogP contribution is 2.34. The summed E-state index contributed by atoms with van der Waals surface area (Å²) in [5.41, 5.74) is 19.3. The molecule has 0 saturated heterocycles. The number of aromatic nitrogens is 1. The van der Waals surface area contributed by atoms with Crippen LogP contribution in [0.25, 0.3) is 11.1 Å². The number of halogens is 2. The fourth-order valence-electron chi connectivity index (χ4n) is 3.12. The first kappa shape index (κ1) is 27.7. The van der Waals surface area contributed by atoms with E-state index in [4.69, 9.17) is 20.6 Å². The van der Waals surface area contributed by atoms with Gasteiger partial charge in [0.15, 0.2) is 0 Å². The molecule has 0 aliphatic carbocycles. The molecule has 0 saturated carbocycles. The van der Waals surface area contributed by atoms with Crippen LogP contribution in [0.2, 0.25) is 0 Å². The summed E-state index contributed by atoms with van der Waals surface area (Å²) in [5.74, 6) is 0.701. The third-order valence-electron chi connectivity index (χ3n) is 4.35. The standard InChI is InChI=1S/C21H29N3O2S.2ClH/c1-13(2)9-20-18(11-23)21(17-7-5-16(10-22)6-8-17)19(14(3)24-20)12-27-26-15(4)25;;/h5-8,13H,9-12,22-23H2,1-4H3;2*1H. The van der Waals surface area contributed by atoms with Gasteiger partial charge in [-0.1, -0.05) is 38.1 Å². The van der Waals surface area contributed by atoms with Crippen LogP contribution in [0.1, 0.15) is 48.8 Å². The van der Waals surface area contributed by atoms with Crippen molar-refractivity contribution in [3.63, 3.8) is 0 Å². The Morgan fingerprint density at radius 1 is 1.10 bits per heavy atom. The van der Waals surface area contributed by atoms with E-state index in [1.807, 2.05) is 19.1 Å². The molecule has 0 aliphatic rings. The molecule has 0 fully saturated rings. The van der Waals surface area contributed by atoms with Gasteiger partial charge in [0.2, 0.25) is 0 Å². The van der Waals surface area contributed by atoms with Crippen molar-refractivity contribution in [2.24, 2.45) is 17.4 Å². The Hall–Kier alpha value is -1.31. The van der Waals surface area contributed by atoms with Gasteiger partial charge in [-0.3, -0.25) is 9.78 Å². The summed E-state index contributed by atoms with van der Waals surface area (Å²) >= 11 is 1.13. The second-order valence-corrected chi connectivity index (χ2v) is 7.71. The van der Waals surface area contributed by atoms with Crippen molar-refractivity contribution >= 4 is 42.8 Å². The SMILES string of the molecule is CC(=O)OSCc1c(C)nc(CC(C)C)c(CN)c1-c1ccc(CN)cc1.Cl.Cl. The first-order chi connectivity index (χ1) is 12.9. The van der Waals surface area contributed by atoms with Crippen LogP contribution in [0.4, 0.5) is 0 Å². The molecule has 0 unspecified atom stereocenters. The van der Waals surface area contributed by atoms with Crippen LogP contribution >= 0.6 is 36.9 Å². The Labute approximate surface area is 190 Å². The number of carbonyl (C=O) groups excluding carboxylic acids is 1. The van der Waals surface area contributed by atoms with E-state index >= 15 is 0 Å². The predicted molar refractivity (Wildman–Crippen MR) is 126 cm³/mol. The average molecular weight is 460 g/mol. The Morgan fingerprint density at radius 3 is 2.21 bits per heavy atom. The van der Waals surface area contributed by atoms with Gasteiger partial charge >= 0.3 is 5.97 Å². The number of hydrogen-bond acceptors (Lipinski definition) is 6. The lowest BCUT2D eigenvalue weighted by atomic mass is 9.90. The number of aryl methyl sites for hydroxylation is 1. The molecule has 1 aromatic heterocycles. The number of pyridine rings is 1. The Morgan fingerprint density at radius 2 is 1.72 bits per heavy atom. The van der Waals surface area contributed by atoms with E-state index in [-0.39, 0.29) is 30.8 Å². The van der Waals surface area contributed by atoms with Gasteiger partial charge in [0, 0.05) is 31.4 Å². The van der Waals surface area contributed by atoms with Crippen molar-refractivity contribution in [3.05, 3.63) is 52.3 Å².